The first kappa shape index (κ1) is 15.7. The molecule has 0 saturated carbocycles. The lowest BCUT2D eigenvalue weighted by atomic mass is 10.1. The summed E-state index contributed by atoms with van der Waals surface area (Å²) in [5.41, 5.74) is 13.9. The van der Waals surface area contributed by atoms with Crippen LogP contribution < -0.4 is 16.4 Å². The van der Waals surface area contributed by atoms with Crippen molar-refractivity contribution >= 4 is 44.8 Å². The Labute approximate surface area is 136 Å². The van der Waals surface area contributed by atoms with Gasteiger partial charge in [-0.1, -0.05) is 27.5 Å². The van der Waals surface area contributed by atoms with Gasteiger partial charge < -0.3 is 16.4 Å². The first-order chi connectivity index (χ1) is 9.88. The molecule has 0 aliphatic carbocycles. The summed E-state index contributed by atoms with van der Waals surface area (Å²) in [6.45, 7) is 0.520. The van der Waals surface area contributed by atoms with Gasteiger partial charge in [0.2, 0.25) is 0 Å². The average Bonchev–Trinajstić information content (AvgIpc) is 2.42. The minimum atomic E-state index is -0.475. The number of hydrogen-bond donors (Lipinski definition) is 2. The van der Waals surface area contributed by atoms with Gasteiger partial charge >= 0.3 is 0 Å². The first-order valence-corrected chi connectivity index (χ1v) is 7.40. The van der Waals surface area contributed by atoms with Crippen molar-refractivity contribution in [2.75, 3.05) is 17.7 Å². The van der Waals surface area contributed by atoms with E-state index in [4.69, 9.17) is 23.1 Å². The van der Waals surface area contributed by atoms with E-state index in [0.717, 1.165) is 15.7 Å². The predicted octanol–water partition coefficient (Wildman–Crippen LogP) is 3.42. The number of carbonyl (C=O) groups excluding carboxylic acids is 1. The standard InChI is InChI=1S/C15H15BrClN3O/c1-20(8-9-6-11(18)3-4-13(9)17)14-5-2-10(16)7-12(14)15(19)21/h2-7H,8,18H2,1H3,(H2,19,21). The second-order valence-electron chi connectivity index (χ2n) is 4.73. The summed E-state index contributed by atoms with van der Waals surface area (Å²) in [6, 6.07) is 10.7. The quantitative estimate of drug-likeness (QED) is 0.812. The van der Waals surface area contributed by atoms with E-state index in [2.05, 4.69) is 15.9 Å². The molecule has 0 radical (unpaired) electrons. The summed E-state index contributed by atoms with van der Waals surface area (Å²) in [5, 5.41) is 0.633. The fourth-order valence-corrected chi connectivity index (χ4v) is 2.63. The molecular weight excluding hydrogens is 354 g/mol. The topological polar surface area (TPSA) is 72.3 Å². The van der Waals surface area contributed by atoms with Gasteiger partial charge in [-0.15, -0.1) is 0 Å². The lowest BCUT2D eigenvalue weighted by molar-refractivity contribution is 0.100. The Kier molecular flexibility index (Phi) is 4.75. The maximum absolute atomic E-state index is 11.6. The summed E-state index contributed by atoms with van der Waals surface area (Å²) in [6.07, 6.45) is 0. The molecule has 4 N–H and O–H groups in total. The largest absolute Gasteiger partial charge is 0.399 e. The molecule has 0 heterocycles. The Morgan fingerprint density at radius 2 is 2.00 bits per heavy atom. The fraction of sp³-hybridized carbons (Fsp3) is 0.133. The number of carbonyl (C=O) groups is 1. The van der Waals surface area contributed by atoms with Crippen LogP contribution in [0.1, 0.15) is 15.9 Å². The Morgan fingerprint density at radius 1 is 1.29 bits per heavy atom. The van der Waals surface area contributed by atoms with E-state index < -0.39 is 5.91 Å². The highest BCUT2D eigenvalue weighted by molar-refractivity contribution is 9.10. The molecule has 1 amide bonds. The molecule has 0 aromatic heterocycles. The van der Waals surface area contributed by atoms with Crippen LogP contribution >= 0.6 is 27.5 Å². The summed E-state index contributed by atoms with van der Waals surface area (Å²) in [5.74, 6) is -0.475. The average molecular weight is 369 g/mol. The number of nitrogen functional groups attached to an aromatic ring is 1. The second-order valence-corrected chi connectivity index (χ2v) is 6.06. The molecular formula is C15H15BrClN3O. The highest BCUT2D eigenvalue weighted by Crippen LogP contribution is 2.27. The third-order valence-electron chi connectivity index (χ3n) is 3.11. The zero-order valence-corrected chi connectivity index (χ0v) is 13.8. The Morgan fingerprint density at radius 3 is 2.67 bits per heavy atom. The summed E-state index contributed by atoms with van der Waals surface area (Å²) < 4.78 is 0.801. The third-order valence-corrected chi connectivity index (χ3v) is 3.97. The van der Waals surface area contributed by atoms with Crippen molar-refractivity contribution in [3.63, 3.8) is 0 Å². The molecule has 21 heavy (non-hydrogen) atoms. The lowest BCUT2D eigenvalue weighted by Gasteiger charge is -2.22. The van der Waals surface area contributed by atoms with Crippen molar-refractivity contribution in [1.29, 1.82) is 0 Å². The van der Waals surface area contributed by atoms with Crippen LogP contribution in [0.2, 0.25) is 5.02 Å². The van der Waals surface area contributed by atoms with Crippen molar-refractivity contribution in [1.82, 2.24) is 0 Å². The normalized spacial score (nSPS) is 10.4. The summed E-state index contributed by atoms with van der Waals surface area (Å²) in [4.78, 5) is 13.5. The number of nitrogens with zero attached hydrogens (tertiary/aromatic N) is 1. The van der Waals surface area contributed by atoms with E-state index in [0.29, 0.717) is 22.8 Å². The molecule has 0 saturated heterocycles. The van der Waals surface area contributed by atoms with Gasteiger partial charge in [0.15, 0.2) is 0 Å². The molecule has 0 fully saturated rings. The fourth-order valence-electron chi connectivity index (χ4n) is 2.10. The van der Waals surface area contributed by atoms with E-state index in [1.54, 1.807) is 18.2 Å². The number of nitrogens with two attached hydrogens (primary N) is 2. The van der Waals surface area contributed by atoms with Crippen LogP contribution in [0.3, 0.4) is 0 Å². The van der Waals surface area contributed by atoms with Crippen molar-refractivity contribution in [3.8, 4) is 0 Å². The number of primary amides is 1. The zero-order chi connectivity index (χ0) is 15.6. The molecule has 6 heteroatoms. The van der Waals surface area contributed by atoms with Crippen LogP contribution in [0.5, 0.6) is 0 Å². The number of halogens is 2. The Bertz CT molecular complexity index is 691. The predicted molar refractivity (Wildman–Crippen MR) is 90.6 cm³/mol. The molecule has 110 valence electrons. The van der Waals surface area contributed by atoms with E-state index in [1.807, 2.05) is 30.1 Å². The number of rotatable bonds is 4. The molecule has 2 aromatic rings. The maximum Gasteiger partial charge on any atom is 0.250 e. The molecule has 4 nitrogen and oxygen atoms in total. The molecule has 2 rings (SSSR count). The third kappa shape index (κ3) is 3.68. The van der Waals surface area contributed by atoms with Gasteiger partial charge in [0, 0.05) is 34.5 Å². The van der Waals surface area contributed by atoms with Gasteiger partial charge in [-0.3, -0.25) is 4.79 Å². The smallest absolute Gasteiger partial charge is 0.250 e. The first-order valence-electron chi connectivity index (χ1n) is 6.23. The van der Waals surface area contributed by atoms with Gasteiger partial charge in [-0.2, -0.15) is 0 Å². The molecule has 0 bridgehead atoms. The minimum absolute atomic E-state index is 0.451. The van der Waals surface area contributed by atoms with Crippen LogP contribution in [0.15, 0.2) is 40.9 Å². The molecule has 0 aliphatic heterocycles. The molecule has 0 aliphatic rings. The van der Waals surface area contributed by atoms with Gasteiger partial charge in [0.1, 0.15) is 0 Å². The van der Waals surface area contributed by atoms with Crippen molar-refractivity contribution in [2.24, 2.45) is 5.73 Å². The van der Waals surface area contributed by atoms with Crippen LogP contribution in [0, 0.1) is 0 Å². The number of amides is 1. The van der Waals surface area contributed by atoms with Crippen LogP contribution in [-0.4, -0.2) is 13.0 Å². The van der Waals surface area contributed by atoms with Crippen LogP contribution in [-0.2, 0) is 6.54 Å². The van der Waals surface area contributed by atoms with Gasteiger partial charge in [-0.25, -0.2) is 0 Å². The maximum atomic E-state index is 11.6. The SMILES string of the molecule is CN(Cc1cc(N)ccc1Cl)c1ccc(Br)cc1C(N)=O. The highest BCUT2D eigenvalue weighted by Gasteiger charge is 2.14. The zero-order valence-electron chi connectivity index (χ0n) is 11.4. The Balaban J connectivity index is 2.34. The number of hydrogen-bond acceptors (Lipinski definition) is 3. The van der Waals surface area contributed by atoms with Gasteiger partial charge in [0.25, 0.3) is 5.91 Å². The second kappa shape index (κ2) is 6.37. The molecule has 0 spiro atoms. The van der Waals surface area contributed by atoms with E-state index >= 15 is 0 Å². The van der Waals surface area contributed by atoms with E-state index in [1.165, 1.54) is 0 Å². The molecule has 0 atom stereocenters. The monoisotopic (exact) mass is 367 g/mol. The highest BCUT2D eigenvalue weighted by atomic mass is 79.9. The number of anilines is 2. The van der Waals surface area contributed by atoms with Gasteiger partial charge in [-0.05, 0) is 42.0 Å². The van der Waals surface area contributed by atoms with Crippen molar-refractivity contribution in [2.45, 2.75) is 6.54 Å². The van der Waals surface area contributed by atoms with Crippen molar-refractivity contribution < 1.29 is 4.79 Å². The van der Waals surface area contributed by atoms with Crippen LogP contribution in [0.25, 0.3) is 0 Å². The Hall–Kier alpha value is -1.72. The molecule has 0 unspecified atom stereocenters. The summed E-state index contributed by atoms with van der Waals surface area (Å²) >= 11 is 9.51. The number of benzene rings is 2. The van der Waals surface area contributed by atoms with Gasteiger partial charge in [0.05, 0.1) is 5.56 Å². The van der Waals surface area contributed by atoms with E-state index in [-0.39, 0.29) is 0 Å². The van der Waals surface area contributed by atoms with Crippen LogP contribution in [0.4, 0.5) is 11.4 Å². The lowest BCUT2D eigenvalue weighted by Crippen LogP contribution is -2.22. The van der Waals surface area contributed by atoms with Crippen molar-refractivity contribution in [3.05, 3.63) is 57.0 Å². The minimum Gasteiger partial charge on any atom is -0.399 e. The van der Waals surface area contributed by atoms with E-state index in [9.17, 15) is 4.79 Å². The molecule has 2 aromatic carbocycles. The summed E-state index contributed by atoms with van der Waals surface area (Å²) in [7, 11) is 1.87.